The van der Waals surface area contributed by atoms with E-state index < -0.39 is 5.66 Å². The van der Waals surface area contributed by atoms with E-state index in [1.54, 1.807) is 48.4 Å². The molecule has 0 N–H and O–H groups in total. The molecule has 2 aliphatic rings. The van der Waals surface area contributed by atoms with Crippen LogP contribution in [-0.2, 0) is 0 Å². The molecule has 1 fully saturated rings. The minimum atomic E-state index is -0.664. The Hall–Kier alpha value is -1.95. The lowest BCUT2D eigenvalue weighted by atomic mass is 9.99. The highest BCUT2D eigenvalue weighted by atomic mass is 35.5. The van der Waals surface area contributed by atoms with E-state index in [4.69, 9.17) is 45.1 Å². The monoisotopic (exact) mass is 460 g/mol. The zero-order valence-electron chi connectivity index (χ0n) is 16.7. The number of carbonyl (C=O) groups excluding carboxylic acids is 1. The molecule has 156 valence electrons. The molecule has 1 heterocycles. The number of rotatable bonds is 3. The molecule has 1 aliphatic carbocycles. The van der Waals surface area contributed by atoms with Crippen LogP contribution in [0.15, 0.2) is 47.5 Å². The van der Waals surface area contributed by atoms with Crippen LogP contribution in [-0.4, -0.2) is 34.3 Å². The number of halogens is 2. The van der Waals surface area contributed by atoms with Crippen LogP contribution in [0.25, 0.3) is 0 Å². The first-order valence-electron chi connectivity index (χ1n) is 10.0. The van der Waals surface area contributed by atoms with Gasteiger partial charge >= 0.3 is 0 Å². The minimum absolute atomic E-state index is 0.145. The SMILES string of the molecule is COc1ccc(C(=O)N2C(=S)C(c3ccc(Cl)cc3Cl)=NC23CCCCCC3)cc1. The van der Waals surface area contributed by atoms with Gasteiger partial charge in [0.2, 0.25) is 0 Å². The Kier molecular flexibility index (Phi) is 6.14. The first-order valence-corrected chi connectivity index (χ1v) is 11.2. The van der Waals surface area contributed by atoms with Gasteiger partial charge in [0.25, 0.3) is 5.91 Å². The lowest BCUT2D eigenvalue weighted by Crippen LogP contribution is -2.49. The van der Waals surface area contributed by atoms with Crippen LogP contribution >= 0.6 is 35.4 Å². The molecule has 2 aromatic carbocycles. The zero-order chi connectivity index (χ0) is 21.3. The fraction of sp³-hybridized carbons (Fsp3) is 0.348. The summed E-state index contributed by atoms with van der Waals surface area (Å²) in [7, 11) is 1.60. The first kappa shape index (κ1) is 21.3. The molecule has 0 bridgehead atoms. The third-order valence-electron chi connectivity index (χ3n) is 5.77. The van der Waals surface area contributed by atoms with Crippen molar-refractivity contribution in [3.8, 4) is 5.75 Å². The summed E-state index contributed by atoms with van der Waals surface area (Å²) in [6, 6.07) is 12.4. The first-order chi connectivity index (χ1) is 14.4. The highest BCUT2D eigenvalue weighted by Gasteiger charge is 2.48. The number of thiocarbonyl (C=S) groups is 1. The number of hydrogen-bond acceptors (Lipinski definition) is 4. The molecule has 7 heteroatoms. The molecule has 0 saturated heterocycles. The van der Waals surface area contributed by atoms with Gasteiger partial charge in [0.1, 0.15) is 22.1 Å². The number of benzene rings is 2. The van der Waals surface area contributed by atoms with Gasteiger partial charge in [0.05, 0.1) is 12.1 Å². The number of methoxy groups -OCH3 is 1. The third-order valence-corrected chi connectivity index (χ3v) is 6.70. The van der Waals surface area contributed by atoms with Gasteiger partial charge in [-0.15, -0.1) is 0 Å². The highest BCUT2D eigenvalue weighted by molar-refractivity contribution is 7.82. The van der Waals surface area contributed by atoms with Crippen LogP contribution in [0.3, 0.4) is 0 Å². The normalized spacial score (nSPS) is 18.3. The molecule has 1 spiro atoms. The maximum atomic E-state index is 13.6. The Morgan fingerprint density at radius 3 is 2.33 bits per heavy atom. The fourth-order valence-electron chi connectivity index (χ4n) is 4.23. The molecule has 0 unspecified atom stereocenters. The number of ether oxygens (including phenoxy) is 1. The molecule has 4 nitrogen and oxygen atoms in total. The van der Waals surface area contributed by atoms with Crippen molar-refractivity contribution in [2.24, 2.45) is 4.99 Å². The van der Waals surface area contributed by atoms with E-state index in [1.807, 2.05) is 6.07 Å². The average Bonchev–Trinajstić information content (AvgIpc) is 2.87. The Morgan fingerprint density at radius 2 is 1.73 bits per heavy atom. The van der Waals surface area contributed by atoms with Gasteiger partial charge in [0, 0.05) is 16.1 Å². The summed E-state index contributed by atoms with van der Waals surface area (Å²) in [5, 5.41) is 1.02. The van der Waals surface area contributed by atoms with Crippen LogP contribution in [0, 0.1) is 0 Å². The molecule has 0 radical (unpaired) electrons. The Morgan fingerprint density at radius 1 is 1.07 bits per heavy atom. The van der Waals surface area contributed by atoms with Crippen molar-refractivity contribution < 1.29 is 9.53 Å². The summed E-state index contributed by atoms with van der Waals surface area (Å²) in [5.41, 5.74) is 1.19. The average molecular weight is 461 g/mol. The van der Waals surface area contributed by atoms with Crippen molar-refractivity contribution in [1.82, 2.24) is 4.90 Å². The van der Waals surface area contributed by atoms with Crippen molar-refractivity contribution in [2.45, 2.75) is 44.2 Å². The van der Waals surface area contributed by atoms with Crippen LogP contribution in [0.4, 0.5) is 0 Å². The van der Waals surface area contributed by atoms with Crippen LogP contribution in [0.5, 0.6) is 5.75 Å². The minimum Gasteiger partial charge on any atom is -0.497 e. The lowest BCUT2D eigenvalue weighted by molar-refractivity contribution is 0.0692. The van der Waals surface area contributed by atoms with E-state index in [0.29, 0.717) is 37.6 Å². The standard InChI is InChI=1S/C23H22Cl2N2O2S/c1-29-17-9-6-15(7-10-17)21(28)27-22(30)20(18-11-8-16(24)14-19(18)25)26-23(27)12-4-2-3-5-13-23/h6-11,14H,2-5,12-13H2,1H3. The van der Waals surface area contributed by atoms with Gasteiger partial charge in [0.15, 0.2) is 0 Å². The molecule has 2 aromatic rings. The third kappa shape index (κ3) is 3.86. The molecule has 30 heavy (non-hydrogen) atoms. The summed E-state index contributed by atoms with van der Waals surface area (Å²) in [6.45, 7) is 0. The topological polar surface area (TPSA) is 41.9 Å². The van der Waals surface area contributed by atoms with E-state index in [-0.39, 0.29) is 5.91 Å². The van der Waals surface area contributed by atoms with E-state index >= 15 is 0 Å². The van der Waals surface area contributed by atoms with Crippen molar-refractivity contribution in [3.05, 3.63) is 63.6 Å². The fourth-order valence-corrected chi connectivity index (χ4v) is 5.14. The molecule has 0 atom stereocenters. The summed E-state index contributed by atoms with van der Waals surface area (Å²) < 4.78 is 5.22. The van der Waals surface area contributed by atoms with E-state index in [2.05, 4.69) is 0 Å². The second kappa shape index (κ2) is 8.66. The van der Waals surface area contributed by atoms with Gasteiger partial charge in [-0.05, 0) is 68.1 Å². The second-order valence-electron chi connectivity index (χ2n) is 7.66. The second-order valence-corrected chi connectivity index (χ2v) is 8.89. The molecule has 1 amide bonds. The smallest absolute Gasteiger partial charge is 0.260 e. The predicted octanol–water partition coefficient (Wildman–Crippen LogP) is 6.33. The molecular weight excluding hydrogens is 439 g/mol. The Bertz CT molecular complexity index is 1010. The summed E-state index contributed by atoms with van der Waals surface area (Å²) in [4.78, 5) is 20.8. The highest BCUT2D eigenvalue weighted by Crippen LogP contribution is 2.41. The van der Waals surface area contributed by atoms with E-state index in [9.17, 15) is 4.79 Å². The lowest BCUT2D eigenvalue weighted by Gasteiger charge is -2.35. The van der Waals surface area contributed by atoms with Crippen molar-refractivity contribution in [1.29, 1.82) is 0 Å². The van der Waals surface area contributed by atoms with Gasteiger partial charge in [-0.3, -0.25) is 14.7 Å². The number of carbonyl (C=O) groups is 1. The number of aliphatic imine (C=N–C) groups is 1. The zero-order valence-corrected chi connectivity index (χ0v) is 19.0. The number of hydrogen-bond donors (Lipinski definition) is 0. The van der Waals surface area contributed by atoms with Crippen LogP contribution in [0.1, 0.15) is 54.4 Å². The molecule has 0 aromatic heterocycles. The van der Waals surface area contributed by atoms with Crippen molar-refractivity contribution in [2.75, 3.05) is 7.11 Å². The Balaban J connectivity index is 1.78. The number of nitrogens with zero attached hydrogens (tertiary/aromatic N) is 2. The van der Waals surface area contributed by atoms with E-state index in [0.717, 1.165) is 38.5 Å². The Labute approximate surface area is 191 Å². The quantitative estimate of drug-likeness (QED) is 0.502. The number of amides is 1. The van der Waals surface area contributed by atoms with E-state index in [1.165, 1.54) is 0 Å². The van der Waals surface area contributed by atoms with Gasteiger partial charge < -0.3 is 4.74 Å². The maximum absolute atomic E-state index is 13.6. The summed E-state index contributed by atoms with van der Waals surface area (Å²) in [6.07, 6.45) is 5.82. The van der Waals surface area contributed by atoms with Crippen molar-refractivity contribution in [3.63, 3.8) is 0 Å². The predicted molar refractivity (Wildman–Crippen MR) is 125 cm³/mol. The van der Waals surface area contributed by atoms with Gasteiger partial charge in [-0.1, -0.05) is 48.3 Å². The molecule has 1 saturated carbocycles. The van der Waals surface area contributed by atoms with Gasteiger partial charge in [-0.2, -0.15) is 0 Å². The maximum Gasteiger partial charge on any atom is 0.260 e. The van der Waals surface area contributed by atoms with Crippen LogP contribution in [0.2, 0.25) is 10.0 Å². The molecular formula is C23H22Cl2N2O2S. The van der Waals surface area contributed by atoms with Gasteiger partial charge in [-0.25, -0.2) is 0 Å². The summed E-state index contributed by atoms with van der Waals surface area (Å²) in [5.74, 6) is 0.554. The van der Waals surface area contributed by atoms with Crippen molar-refractivity contribution >= 4 is 52.0 Å². The largest absolute Gasteiger partial charge is 0.497 e. The molecule has 1 aliphatic heterocycles. The molecule has 4 rings (SSSR count). The summed E-state index contributed by atoms with van der Waals surface area (Å²) >= 11 is 18.4. The van der Waals surface area contributed by atoms with Crippen LogP contribution < -0.4 is 4.74 Å².